The highest BCUT2D eigenvalue weighted by Crippen LogP contribution is 2.33. The minimum atomic E-state index is -4.45. The summed E-state index contributed by atoms with van der Waals surface area (Å²) in [5.74, 6) is -0.572. The molecule has 160 valence electrons. The Morgan fingerprint density at radius 3 is 2.55 bits per heavy atom. The van der Waals surface area contributed by atoms with Crippen LogP contribution >= 0.6 is 0 Å². The smallest absolute Gasteiger partial charge is 0.305 e. The van der Waals surface area contributed by atoms with Gasteiger partial charge in [0.25, 0.3) is 5.91 Å². The van der Waals surface area contributed by atoms with Crippen molar-refractivity contribution in [2.45, 2.75) is 32.5 Å². The highest BCUT2D eigenvalue weighted by Gasteiger charge is 2.35. The van der Waals surface area contributed by atoms with Gasteiger partial charge in [-0.2, -0.15) is 18.3 Å². The van der Waals surface area contributed by atoms with Gasteiger partial charge in [-0.15, -0.1) is 0 Å². The van der Waals surface area contributed by atoms with Crippen LogP contribution in [-0.2, 0) is 12.6 Å². The summed E-state index contributed by atoms with van der Waals surface area (Å²) >= 11 is 0. The van der Waals surface area contributed by atoms with Crippen LogP contribution in [0.4, 0.5) is 18.9 Å². The Morgan fingerprint density at radius 1 is 1.19 bits per heavy atom. The van der Waals surface area contributed by atoms with E-state index in [2.05, 4.69) is 10.1 Å². The maximum absolute atomic E-state index is 13.2. The molecule has 2 aromatic heterocycles. The van der Waals surface area contributed by atoms with E-state index in [-0.39, 0.29) is 30.5 Å². The Hall–Kier alpha value is -3.49. The summed E-state index contributed by atoms with van der Waals surface area (Å²) in [6, 6.07) is 7.56. The van der Waals surface area contributed by atoms with Crippen molar-refractivity contribution in [3.63, 3.8) is 0 Å². The number of ketones is 1. The Bertz CT molecular complexity index is 1150. The number of halogens is 3. The third-order valence-electron chi connectivity index (χ3n) is 5.26. The van der Waals surface area contributed by atoms with Crippen LogP contribution in [0.5, 0.6) is 0 Å². The number of benzene rings is 1. The second kappa shape index (κ2) is 7.64. The number of amides is 1. The molecule has 1 aliphatic rings. The first kappa shape index (κ1) is 20.8. The minimum Gasteiger partial charge on any atom is -0.305 e. The van der Waals surface area contributed by atoms with Gasteiger partial charge >= 0.3 is 6.18 Å². The number of aryl methyl sites for hydroxylation is 1. The molecule has 9 heteroatoms. The van der Waals surface area contributed by atoms with E-state index in [4.69, 9.17) is 0 Å². The molecule has 3 aromatic rings. The number of anilines is 1. The van der Waals surface area contributed by atoms with Gasteiger partial charge in [0.05, 0.1) is 17.8 Å². The molecule has 1 aliphatic heterocycles. The predicted molar refractivity (Wildman–Crippen MR) is 107 cm³/mol. The average molecular weight is 428 g/mol. The van der Waals surface area contributed by atoms with E-state index >= 15 is 0 Å². The number of alkyl halides is 3. The summed E-state index contributed by atoms with van der Waals surface area (Å²) in [5, 5.41) is 4.28. The van der Waals surface area contributed by atoms with E-state index < -0.39 is 17.6 Å². The quantitative estimate of drug-likeness (QED) is 0.583. The fraction of sp³-hybridized carbons (Fsp3) is 0.273. The van der Waals surface area contributed by atoms with Crippen molar-refractivity contribution >= 4 is 17.4 Å². The monoisotopic (exact) mass is 428 g/mol. The lowest BCUT2D eigenvalue weighted by molar-refractivity contribution is -0.137. The van der Waals surface area contributed by atoms with E-state index in [0.717, 1.165) is 12.1 Å². The summed E-state index contributed by atoms with van der Waals surface area (Å²) in [7, 11) is 0. The van der Waals surface area contributed by atoms with Crippen molar-refractivity contribution < 1.29 is 22.8 Å². The lowest BCUT2D eigenvalue weighted by Gasteiger charge is -2.32. The van der Waals surface area contributed by atoms with Crippen LogP contribution in [0.3, 0.4) is 0 Å². The zero-order valence-electron chi connectivity index (χ0n) is 16.8. The third-order valence-corrected chi connectivity index (χ3v) is 5.26. The number of hydrogen-bond acceptors (Lipinski definition) is 4. The summed E-state index contributed by atoms with van der Waals surface area (Å²) in [6.07, 6.45) is -1.41. The molecule has 3 heterocycles. The number of carbonyl (C=O) groups is 2. The molecule has 4 rings (SSSR count). The molecule has 6 nitrogen and oxygen atoms in total. The summed E-state index contributed by atoms with van der Waals surface area (Å²) in [5.41, 5.74) is 1.53. The van der Waals surface area contributed by atoms with E-state index in [0.29, 0.717) is 22.5 Å². The summed E-state index contributed by atoms with van der Waals surface area (Å²) in [6.45, 7) is 3.90. The van der Waals surface area contributed by atoms with Gasteiger partial charge in [0.15, 0.2) is 5.78 Å². The topological polar surface area (TPSA) is 68.1 Å². The first-order chi connectivity index (χ1) is 14.6. The second-order valence-corrected chi connectivity index (χ2v) is 7.56. The Balaban J connectivity index is 1.63. The zero-order chi connectivity index (χ0) is 22.3. The van der Waals surface area contributed by atoms with Gasteiger partial charge in [-0.3, -0.25) is 19.3 Å². The molecular formula is C22H19F3N4O2. The van der Waals surface area contributed by atoms with Gasteiger partial charge in [-0.1, -0.05) is 0 Å². The second-order valence-electron chi connectivity index (χ2n) is 7.56. The lowest BCUT2D eigenvalue weighted by atomic mass is 10.0. The molecule has 0 fully saturated rings. The molecule has 0 saturated carbocycles. The van der Waals surface area contributed by atoms with Gasteiger partial charge in [-0.25, -0.2) is 0 Å². The highest BCUT2D eigenvalue weighted by molar-refractivity contribution is 6.08. The van der Waals surface area contributed by atoms with Crippen molar-refractivity contribution in [1.82, 2.24) is 14.8 Å². The van der Waals surface area contributed by atoms with Gasteiger partial charge in [0, 0.05) is 41.7 Å². The van der Waals surface area contributed by atoms with Crippen molar-refractivity contribution in [2.75, 3.05) is 11.4 Å². The molecule has 1 aromatic carbocycles. The minimum absolute atomic E-state index is 0.0158. The largest absolute Gasteiger partial charge is 0.416 e. The van der Waals surface area contributed by atoms with E-state index in [1.807, 2.05) is 6.92 Å². The summed E-state index contributed by atoms with van der Waals surface area (Å²) < 4.78 is 40.2. The predicted octanol–water partition coefficient (Wildman–Crippen LogP) is 4.25. The Morgan fingerprint density at radius 2 is 1.90 bits per heavy atom. The number of hydrogen-bond donors (Lipinski definition) is 0. The number of nitrogens with zero attached hydrogens (tertiary/aromatic N) is 4. The number of pyridine rings is 1. The molecule has 0 spiro atoms. The fourth-order valence-electron chi connectivity index (χ4n) is 3.70. The first-order valence-electron chi connectivity index (χ1n) is 9.66. The fourth-order valence-corrected chi connectivity index (χ4v) is 3.70. The van der Waals surface area contributed by atoms with Gasteiger partial charge < -0.3 is 4.90 Å². The van der Waals surface area contributed by atoms with E-state index in [9.17, 15) is 22.8 Å². The SMILES string of the molecule is Cc1cc(C(=O)Cc2cnn3c2C(=O)N(c2ccc(C(F)(F)F)cc2)C[C@@H]3C)ccn1. The van der Waals surface area contributed by atoms with Crippen molar-refractivity contribution in [1.29, 1.82) is 0 Å². The standard InChI is InChI=1S/C22H19F3N4O2/c1-13-9-15(7-8-26-13)19(30)10-16-11-27-29-14(2)12-28(21(31)20(16)29)18-5-3-17(4-6-18)22(23,24)25/h3-9,11,14H,10,12H2,1-2H3/t14-/m0/s1. The highest BCUT2D eigenvalue weighted by atomic mass is 19.4. The first-order valence-corrected chi connectivity index (χ1v) is 9.66. The van der Waals surface area contributed by atoms with Crippen LogP contribution in [0.15, 0.2) is 48.8 Å². The number of carbonyl (C=O) groups excluding carboxylic acids is 2. The average Bonchev–Trinajstić information content (AvgIpc) is 3.14. The van der Waals surface area contributed by atoms with Crippen LogP contribution in [0.2, 0.25) is 0 Å². The maximum Gasteiger partial charge on any atom is 0.416 e. The third kappa shape index (κ3) is 3.95. The van der Waals surface area contributed by atoms with E-state index in [1.165, 1.54) is 23.2 Å². The Kier molecular flexibility index (Phi) is 5.12. The molecule has 0 radical (unpaired) electrons. The molecular weight excluding hydrogens is 409 g/mol. The molecule has 0 saturated heterocycles. The van der Waals surface area contributed by atoms with Gasteiger partial charge in [0.2, 0.25) is 0 Å². The molecule has 0 aliphatic carbocycles. The number of rotatable bonds is 4. The number of aromatic nitrogens is 3. The van der Waals surface area contributed by atoms with Crippen LogP contribution in [-0.4, -0.2) is 33.0 Å². The van der Waals surface area contributed by atoms with Crippen molar-refractivity contribution in [2.24, 2.45) is 0 Å². The van der Waals surface area contributed by atoms with Crippen LogP contribution in [0.1, 0.15) is 50.6 Å². The normalized spacial score (nSPS) is 16.4. The van der Waals surface area contributed by atoms with Gasteiger partial charge in [-0.05, 0) is 50.2 Å². The molecule has 0 N–H and O–H groups in total. The van der Waals surface area contributed by atoms with Crippen LogP contribution in [0, 0.1) is 6.92 Å². The molecule has 1 atom stereocenters. The van der Waals surface area contributed by atoms with Gasteiger partial charge in [0.1, 0.15) is 5.69 Å². The van der Waals surface area contributed by atoms with Crippen molar-refractivity contribution in [3.8, 4) is 0 Å². The molecule has 0 unspecified atom stereocenters. The van der Waals surface area contributed by atoms with E-state index in [1.54, 1.807) is 29.9 Å². The van der Waals surface area contributed by atoms with Crippen molar-refractivity contribution in [3.05, 3.63) is 76.9 Å². The number of Topliss-reactive ketones (excluding diaryl/α,β-unsaturated/α-hetero) is 1. The van der Waals surface area contributed by atoms with Crippen LogP contribution < -0.4 is 4.90 Å². The maximum atomic E-state index is 13.2. The lowest BCUT2D eigenvalue weighted by Crippen LogP contribution is -2.43. The summed E-state index contributed by atoms with van der Waals surface area (Å²) in [4.78, 5) is 31.4. The Labute approximate surface area is 176 Å². The van der Waals surface area contributed by atoms with Crippen LogP contribution in [0.25, 0.3) is 0 Å². The molecule has 0 bridgehead atoms. The zero-order valence-corrected chi connectivity index (χ0v) is 16.8. The molecule has 31 heavy (non-hydrogen) atoms. The number of fused-ring (bicyclic) bond motifs is 1. The molecule has 1 amide bonds.